The van der Waals surface area contributed by atoms with Crippen LogP contribution in [0.2, 0.25) is 0 Å². The number of aromatic nitrogens is 2. The van der Waals surface area contributed by atoms with E-state index in [2.05, 4.69) is 10.4 Å². The molecule has 0 bridgehead atoms. The highest BCUT2D eigenvalue weighted by molar-refractivity contribution is 7.89. The lowest BCUT2D eigenvalue weighted by Crippen LogP contribution is -2.41. The number of nitrogens with zero attached hydrogens (tertiary/aromatic N) is 3. The van der Waals surface area contributed by atoms with Crippen molar-refractivity contribution in [2.75, 3.05) is 18.4 Å². The van der Waals surface area contributed by atoms with Gasteiger partial charge in [0.25, 0.3) is 0 Å². The van der Waals surface area contributed by atoms with Crippen molar-refractivity contribution < 1.29 is 13.2 Å². The van der Waals surface area contributed by atoms with Gasteiger partial charge in [0.2, 0.25) is 15.9 Å². The van der Waals surface area contributed by atoms with Crippen LogP contribution in [0.3, 0.4) is 0 Å². The zero-order chi connectivity index (χ0) is 17.2. The second-order valence-electron chi connectivity index (χ2n) is 5.86. The SMILES string of the molecule is Cn1ccc(NC(=O)C2CCN(S(=O)(=O)c3ccccc3)CC2)n1. The summed E-state index contributed by atoms with van der Waals surface area (Å²) < 4.78 is 28.2. The lowest BCUT2D eigenvalue weighted by atomic mass is 9.97. The van der Waals surface area contributed by atoms with Crippen LogP contribution in [0.1, 0.15) is 12.8 Å². The summed E-state index contributed by atoms with van der Waals surface area (Å²) in [4.78, 5) is 12.6. The summed E-state index contributed by atoms with van der Waals surface area (Å²) in [5, 5.41) is 6.90. The van der Waals surface area contributed by atoms with Crippen molar-refractivity contribution in [2.24, 2.45) is 13.0 Å². The van der Waals surface area contributed by atoms with E-state index in [-0.39, 0.29) is 11.8 Å². The van der Waals surface area contributed by atoms with E-state index >= 15 is 0 Å². The molecule has 0 aliphatic carbocycles. The van der Waals surface area contributed by atoms with Crippen LogP contribution < -0.4 is 5.32 Å². The largest absolute Gasteiger partial charge is 0.309 e. The maximum absolute atomic E-state index is 12.6. The molecule has 24 heavy (non-hydrogen) atoms. The van der Waals surface area contributed by atoms with E-state index in [9.17, 15) is 13.2 Å². The molecule has 1 fully saturated rings. The zero-order valence-electron chi connectivity index (χ0n) is 13.4. The average Bonchev–Trinajstić information content (AvgIpc) is 3.00. The van der Waals surface area contributed by atoms with E-state index in [0.29, 0.717) is 36.6 Å². The molecule has 2 aromatic rings. The van der Waals surface area contributed by atoms with Gasteiger partial charge in [-0.05, 0) is 25.0 Å². The molecule has 7 nitrogen and oxygen atoms in total. The summed E-state index contributed by atoms with van der Waals surface area (Å²) in [6, 6.07) is 10.1. The Kier molecular flexibility index (Phi) is 4.68. The molecule has 0 radical (unpaired) electrons. The van der Waals surface area contributed by atoms with Crippen LogP contribution in [0.4, 0.5) is 5.82 Å². The third kappa shape index (κ3) is 3.49. The molecule has 1 amide bonds. The fourth-order valence-corrected chi connectivity index (χ4v) is 4.30. The molecule has 1 aliphatic rings. The van der Waals surface area contributed by atoms with E-state index in [1.807, 2.05) is 0 Å². The minimum absolute atomic E-state index is 0.106. The Balaban J connectivity index is 1.60. The third-order valence-electron chi connectivity index (χ3n) is 4.17. The van der Waals surface area contributed by atoms with Gasteiger partial charge < -0.3 is 5.32 Å². The van der Waals surface area contributed by atoms with Crippen molar-refractivity contribution in [3.63, 3.8) is 0 Å². The number of carbonyl (C=O) groups is 1. The van der Waals surface area contributed by atoms with Crippen molar-refractivity contribution >= 4 is 21.7 Å². The summed E-state index contributed by atoms with van der Waals surface area (Å²) in [6.45, 7) is 0.690. The highest BCUT2D eigenvalue weighted by atomic mass is 32.2. The summed E-state index contributed by atoms with van der Waals surface area (Å²) in [6.07, 6.45) is 2.76. The molecule has 1 saturated heterocycles. The molecule has 128 valence electrons. The molecule has 0 spiro atoms. The minimum Gasteiger partial charge on any atom is -0.309 e. The van der Waals surface area contributed by atoms with Gasteiger partial charge in [0.15, 0.2) is 5.82 Å². The Hall–Kier alpha value is -2.19. The Morgan fingerprint density at radius 1 is 1.17 bits per heavy atom. The molecule has 0 unspecified atom stereocenters. The van der Waals surface area contributed by atoms with E-state index in [1.165, 1.54) is 4.31 Å². The lowest BCUT2D eigenvalue weighted by Gasteiger charge is -2.30. The van der Waals surface area contributed by atoms with Crippen LogP contribution >= 0.6 is 0 Å². The molecule has 1 aliphatic heterocycles. The molecule has 1 N–H and O–H groups in total. The van der Waals surface area contributed by atoms with Crippen molar-refractivity contribution in [1.82, 2.24) is 14.1 Å². The number of amides is 1. The van der Waals surface area contributed by atoms with Gasteiger partial charge in [-0.1, -0.05) is 18.2 Å². The van der Waals surface area contributed by atoms with Crippen molar-refractivity contribution in [2.45, 2.75) is 17.7 Å². The van der Waals surface area contributed by atoms with Gasteiger partial charge in [0.05, 0.1) is 4.90 Å². The maximum Gasteiger partial charge on any atom is 0.243 e. The first-order valence-electron chi connectivity index (χ1n) is 7.82. The molecular weight excluding hydrogens is 328 g/mol. The molecular formula is C16H20N4O3S. The molecule has 1 aromatic carbocycles. The molecule has 3 rings (SSSR count). The number of piperidine rings is 1. The number of rotatable bonds is 4. The van der Waals surface area contributed by atoms with E-state index in [4.69, 9.17) is 0 Å². The molecule has 0 saturated carbocycles. The van der Waals surface area contributed by atoms with Gasteiger partial charge in [-0.2, -0.15) is 9.40 Å². The first-order valence-corrected chi connectivity index (χ1v) is 9.26. The topological polar surface area (TPSA) is 84.3 Å². The Morgan fingerprint density at radius 3 is 2.42 bits per heavy atom. The van der Waals surface area contributed by atoms with Crippen LogP contribution in [0.15, 0.2) is 47.5 Å². The van der Waals surface area contributed by atoms with Gasteiger partial charge in [-0.25, -0.2) is 8.42 Å². The van der Waals surface area contributed by atoms with Crippen LogP contribution in [0, 0.1) is 5.92 Å². The quantitative estimate of drug-likeness (QED) is 0.906. The van der Waals surface area contributed by atoms with Crippen LogP contribution in [-0.2, 0) is 21.9 Å². The zero-order valence-corrected chi connectivity index (χ0v) is 14.2. The Labute approximate surface area is 141 Å². The van der Waals surface area contributed by atoms with Crippen molar-refractivity contribution in [1.29, 1.82) is 0 Å². The van der Waals surface area contributed by atoms with E-state index < -0.39 is 10.0 Å². The van der Waals surface area contributed by atoms with E-state index in [0.717, 1.165) is 0 Å². The minimum atomic E-state index is -3.48. The maximum atomic E-state index is 12.6. The van der Waals surface area contributed by atoms with Gasteiger partial charge in [0.1, 0.15) is 0 Å². The van der Waals surface area contributed by atoms with Crippen LogP contribution in [0.5, 0.6) is 0 Å². The number of nitrogens with one attached hydrogen (secondary N) is 1. The Morgan fingerprint density at radius 2 is 1.83 bits per heavy atom. The highest BCUT2D eigenvalue weighted by Crippen LogP contribution is 2.24. The molecule has 1 aromatic heterocycles. The second kappa shape index (κ2) is 6.74. The van der Waals surface area contributed by atoms with Gasteiger partial charge in [0, 0.05) is 38.3 Å². The van der Waals surface area contributed by atoms with Gasteiger partial charge >= 0.3 is 0 Å². The number of anilines is 1. The first-order chi connectivity index (χ1) is 11.5. The standard InChI is InChI=1S/C16H20N4O3S/c1-19-10-9-15(18-19)17-16(21)13-7-11-20(12-8-13)24(22,23)14-5-3-2-4-6-14/h2-6,9-10,13H,7-8,11-12H2,1H3,(H,17,18,21). The normalized spacial score (nSPS) is 16.9. The van der Waals surface area contributed by atoms with Crippen molar-refractivity contribution in [3.8, 4) is 0 Å². The van der Waals surface area contributed by atoms with Crippen LogP contribution in [0.25, 0.3) is 0 Å². The second-order valence-corrected chi connectivity index (χ2v) is 7.79. The van der Waals surface area contributed by atoms with Crippen LogP contribution in [-0.4, -0.2) is 41.5 Å². The Bertz CT molecular complexity index is 809. The summed E-state index contributed by atoms with van der Waals surface area (Å²) in [5.41, 5.74) is 0. The predicted molar refractivity (Wildman–Crippen MR) is 89.8 cm³/mol. The van der Waals surface area contributed by atoms with E-state index in [1.54, 1.807) is 54.3 Å². The molecule has 8 heteroatoms. The fraction of sp³-hybridized carbons (Fsp3) is 0.375. The number of hydrogen-bond acceptors (Lipinski definition) is 4. The summed E-state index contributed by atoms with van der Waals surface area (Å²) >= 11 is 0. The molecule has 0 atom stereocenters. The lowest BCUT2D eigenvalue weighted by molar-refractivity contribution is -0.120. The number of aryl methyl sites for hydroxylation is 1. The highest BCUT2D eigenvalue weighted by Gasteiger charge is 2.32. The number of benzene rings is 1. The number of carbonyl (C=O) groups excluding carboxylic acids is 1. The predicted octanol–water partition coefficient (Wildman–Crippen LogP) is 1.46. The number of sulfonamides is 1. The first kappa shape index (κ1) is 16.7. The number of hydrogen-bond donors (Lipinski definition) is 1. The van der Waals surface area contributed by atoms with Gasteiger partial charge in [-0.15, -0.1) is 0 Å². The fourth-order valence-electron chi connectivity index (χ4n) is 2.81. The summed E-state index contributed by atoms with van der Waals surface area (Å²) in [5.74, 6) is 0.210. The molecule has 2 heterocycles. The van der Waals surface area contributed by atoms with Gasteiger partial charge in [-0.3, -0.25) is 9.48 Å². The smallest absolute Gasteiger partial charge is 0.243 e. The third-order valence-corrected chi connectivity index (χ3v) is 6.08. The monoisotopic (exact) mass is 348 g/mol. The van der Waals surface area contributed by atoms with Crippen molar-refractivity contribution in [3.05, 3.63) is 42.6 Å². The summed E-state index contributed by atoms with van der Waals surface area (Å²) in [7, 11) is -1.70. The average molecular weight is 348 g/mol.